The van der Waals surface area contributed by atoms with Crippen molar-refractivity contribution in [3.05, 3.63) is 87.3 Å². The highest BCUT2D eigenvalue weighted by molar-refractivity contribution is 7.21. The lowest BCUT2D eigenvalue weighted by Crippen LogP contribution is -2.44. The first-order valence-corrected chi connectivity index (χ1v) is 14.7. The molecule has 1 fully saturated rings. The molecule has 3 aromatic carbocycles. The molecular weight excluding hydrogens is 566 g/mol. The molecule has 214 valence electrons. The molecule has 0 bridgehead atoms. The van der Waals surface area contributed by atoms with Gasteiger partial charge in [0.15, 0.2) is 5.78 Å². The van der Waals surface area contributed by atoms with Crippen molar-refractivity contribution in [1.29, 1.82) is 0 Å². The quantitative estimate of drug-likeness (QED) is 0.210. The van der Waals surface area contributed by atoms with E-state index in [2.05, 4.69) is 5.32 Å². The van der Waals surface area contributed by atoms with Crippen molar-refractivity contribution in [1.82, 2.24) is 10.2 Å². The Labute approximate surface area is 247 Å². The molecule has 4 aromatic rings. The first kappa shape index (κ1) is 29.2. The average Bonchev–Trinajstić information content (AvgIpc) is 3.35. The molecule has 1 aromatic heterocycles. The van der Waals surface area contributed by atoms with E-state index in [9.17, 15) is 18.4 Å². The van der Waals surface area contributed by atoms with Gasteiger partial charge in [0.25, 0.3) is 5.91 Å². The van der Waals surface area contributed by atoms with Crippen molar-refractivity contribution in [2.24, 2.45) is 0 Å². The van der Waals surface area contributed by atoms with Crippen molar-refractivity contribution in [3.8, 4) is 16.9 Å². The van der Waals surface area contributed by atoms with E-state index in [1.807, 2.05) is 43.4 Å². The van der Waals surface area contributed by atoms with Crippen LogP contribution in [0.3, 0.4) is 0 Å². The van der Waals surface area contributed by atoms with E-state index in [0.717, 1.165) is 65.8 Å². The number of benzene rings is 3. The first-order chi connectivity index (χ1) is 19.7. The number of nitrogens with zero attached hydrogens (tertiary/aromatic N) is 1. The normalized spacial score (nSPS) is 17.0. The first-order valence-electron chi connectivity index (χ1n) is 13.5. The molecule has 1 amide bonds. The zero-order valence-corrected chi connectivity index (χ0v) is 24.7. The van der Waals surface area contributed by atoms with Crippen LogP contribution in [-0.4, -0.2) is 42.8 Å². The van der Waals surface area contributed by atoms with Crippen molar-refractivity contribution in [2.45, 2.75) is 51.2 Å². The van der Waals surface area contributed by atoms with Crippen LogP contribution in [0.5, 0.6) is 5.75 Å². The number of carbonyl (C=O) groups excluding carboxylic acids is 2. The molecule has 0 saturated heterocycles. The second-order valence-electron chi connectivity index (χ2n) is 10.4. The molecule has 0 aliphatic heterocycles. The number of ether oxygens (including phenoxy) is 1. The van der Waals surface area contributed by atoms with Crippen molar-refractivity contribution < 1.29 is 23.1 Å². The van der Waals surface area contributed by atoms with Crippen LogP contribution in [0.1, 0.15) is 58.2 Å². The number of hydrogen-bond donors (Lipinski definition) is 1. The van der Waals surface area contributed by atoms with E-state index in [1.54, 1.807) is 18.1 Å². The largest absolute Gasteiger partial charge is 0.496 e. The Morgan fingerprint density at radius 1 is 1.02 bits per heavy atom. The summed E-state index contributed by atoms with van der Waals surface area (Å²) < 4.78 is 35.0. The minimum absolute atomic E-state index is 0.0254. The van der Waals surface area contributed by atoms with Crippen molar-refractivity contribution in [2.75, 3.05) is 14.2 Å². The number of nitrogens with one attached hydrogen (secondary N) is 1. The lowest BCUT2D eigenvalue weighted by Gasteiger charge is -2.37. The van der Waals surface area contributed by atoms with Gasteiger partial charge in [0.1, 0.15) is 22.3 Å². The molecule has 1 aliphatic carbocycles. The predicted octanol–water partition coefficient (Wildman–Crippen LogP) is 7.88. The van der Waals surface area contributed by atoms with E-state index in [0.29, 0.717) is 17.4 Å². The number of ketones is 1. The zero-order chi connectivity index (χ0) is 29.3. The zero-order valence-electron chi connectivity index (χ0n) is 23.1. The SMILES string of the molecule is CN[C@H]1CC[C@H](N(Cc2cc(-c3cccc(C(C)=O)c3)ccc2OC)C(=O)c2sc3c(F)ccc(F)c3c2Cl)CC1. The Balaban J connectivity index is 1.56. The van der Waals surface area contributed by atoms with Crippen molar-refractivity contribution >= 4 is 44.7 Å². The number of carbonyl (C=O) groups is 2. The minimum atomic E-state index is -0.662. The van der Waals surface area contributed by atoms with Gasteiger partial charge in [-0.25, -0.2) is 8.78 Å². The van der Waals surface area contributed by atoms with Gasteiger partial charge in [0.05, 0.1) is 22.2 Å². The summed E-state index contributed by atoms with van der Waals surface area (Å²) in [6.07, 6.45) is 3.32. The van der Waals surface area contributed by atoms with Crippen LogP contribution in [0, 0.1) is 11.6 Å². The maximum absolute atomic E-state index is 14.7. The fourth-order valence-corrected chi connectivity index (χ4v) is 7.10. The highest BCUT2D eigenvalue weighted by Gasteiger charge is 2.33. The van der Waals surface area contributed by atoms with Crippen LogP contribution in [-0.2, 0) is 6.54 Å². The lowest BCUT2D eigenvalue weighted by atomic mass is 9.89. The van der Waals surface area contributed by atoms with Gasteiger partial charge in [0, 0.05) is 29.8 Å². The van der Waals surface area contributed by atoms with Gasteiger partial charge in [0.2, 0.25) is 0 Å². The Bertz CT molecular complexity index is 1610. The lowest BCUT2D eigenvalue weighted by molar-refractivity contribution is 0.0604. The van der Waals surface area contributed by atoms with Gasteiger partial charge in [-0.3, -0.25) is 9.59 Å². The van der Waals surface area contributed by atoms with Crippen LogP contribution in [0.2, 0.25) is 5.02 Å². The summed E-state index contributed by atoms with van der Waals surface area (Å²) in [5, 5.41) is 3.19. The van der Waals surface area contributed by atoms with Crippen LogP contribution in [0.15, 0.2) is 54.6 Å². The Morgan fingerprint density at radius 2 is 1.73 bits per heavy atom. The average molecular weight is 597 g/mol. The van der Waals surface area contributed by atoms with Gasteiger partial charge >= 0.3 is 0 Å². The van der Waals surface area contributed by atoms with E-state index in [1.165, 1.54) is 6.92 Å². The summed E-state index contributed by atoms with van der Waals surface area (Å²) in [6, 6.07) is 15.5. The number of methoxy groups -OCH3 is 1. The fourth-order valence-electron chi connectivity index (χ4n) is 5.59. The number of Topliss-reactive ketones (excluding diaryl/α,β-unsaturated/α-hetero) is 1. The van der Waals surface area contributed by atoms with E-state index >= 15 is 0 Å². The highest BCUT2D eigenvalue weighted by Crippen LogP contribution is 2.40. The molecule has 0 unspecified atom stereocenters. The third-order valence-corrected chi connectivity index (χ3v) is 9.58. The Morgan fingerprint density at radius 3 is 2.39 bits per heavy atom. The minimum Gasteiger partial charge on any atom is -0.496 e. The molecule has 1 saturated carbocycles. The molecule has 1 N–H and O–H groups in total. The molecule has 1 aliphatic rings. The van der Waals surface area contributed by atoms with Crippen LogP contribution in [0.25, 0.3) is 21.2 Å². The number of hydrogen-bond acceptors (Lipinski definition) is 5. The summed E-state index contributed by atoms with van der Waals surface area (Å²) in [5.41, 5.74) is 3.13. The summed E-state index contributed by atoms with van der Waals surface area (Å²) >= 11 is 7.44. The van der Waals surface area contributed by atoms with Gasteiger partial charge in [-0.05, 0) is 81.1 Å². The van der Waals surface area contributed by atoms with Gasteiger partial charge in [-0.15, -0.1) is 11.3 Å². The predicted molar refractivity (Wildman–Crippen MR) is 160 cm³/mol. The third kappa shape index (κ3) is 5.87. The molecule has 0 radical (unpaired) electrons. The standard InChI is InChI=1S/C32H31ClF2N2O3S/c1-18(38)19-5-4-6-20(15-19)21-7-14-27(40-3)22(16-21)17-37(24-10-8-23(36-2)9-11-24)32(39)31-29(33)28-25(34)12-13-26(35)30(28)41-31/h4-7,12-16,23-24,36H,8-11,17H2,1-3H3/t23-,24-. The molecule has 1 heterocycles. The second kappa shape index (κ2) is 12.3. The van der Waals surface area contributed by atoms with Crippen molar-refractivity contribution in [3.63, 3.8) is 0 Å². The molecule has 0 atom stereocenters. The van der Waals surface area contributed by atoms with Gasteiger partial charge in [-0.1, -0.05) is 35.9 Å². The molecule has 5 rings (SSSR count). The summed E-state index contributed by atoms with van der Waals surface area (Å²) in [5.74, 6) is -1.06. The molecule has 41 heavy (non-hydrogen) atoms. The topological polar surface area (TPSA) is 58.6 Å². The third-order valence-electron chi connectivity index (χ3n) is 7.91. The highest BCUT2D eigenvalue weighted by atomic mass is 35.5. The van der Waals surface area contributed by atoms with Crippen LogP contribution >= 0.6 is 22.9 Å². The van der Waals surface area contributed by atoms with Gasteiger partial charge in [-0.2, -0.15) is 0 Å². The van der Waals surface area contributed by atoms with E-state index < -0.39 is 11.6 Å². The van der Waals surface area contributed by atoms with E-state index in [4.69, 9.17) is 16.3 Å². The van der Waals surface area contributed by atoms with Crippen LogP contribution in [0.4, 0.5) is 8.78 Å². The molecular formula is C32H31ClF2N2O3S. The molecule has 5 nitrogen and oxygen atoms in total. The fraction of sp³-hybridized carbons (Fsp3) is 0.312. The van der Waals surface area contributed by atoms with Gasteiger partial charge < -0.3 is 15.0 Å². The summed E-state index contributed by atoms with van der Waals surface area (Å²) in [4.78, 5) is 28.1. The smallest absolute Gasteiger partial charge is 0.266 e. The summed E-state index contributed by atoms with van der Waals surface area (Å²) in [6.45, 7) is 1.74. The molecule has 0 spiro atoms. The van der Waals surface area contributed by atoms with E-state index in [-0.39, 0.29) is 44.3 Å². The maximum atomic E-state index is 14.7. The summed E-state index contributed by atoms with van der Waals surface area (Å²) in [7, 11) is 3.51. The maximum Gasteiger partial charge on any atom is 0.266 e. The number of amides is 1. The monoisotopic (exact) mass is 596 g/mol. The van der Waals surface area contributed by atoms with Crippen LogP contribution < -0.4 is 10.1 Å². The Hall–Kier alpha value is -3.33. The number of halogens is 3. The Kier molecular flexibility index (Phi) is 8.73. The number of rotatable bonds is 8. The molecule has 9 heteroatoms. The number of fused-ring (bicyclic) bond motifs is 1. The number of thiophene rings is 1. The second-order valence-corrected chi connectivity index (χ2v) is 11.8.